The van der Waals surface area contributed by atoms with Crippen molar-refractivity contribution in [3.63, 3.8) is 0 Å². The first-order chi connectivity index (χ1) is 11.9. The molecule has 2 aromatic rings. The van der Waals surface area contributed by atoms with Crippen LogP contribution in [0.2, 0.25) is 5.15 Å². The van der Waals surface area contributed by atoms with E-state index in [1.54, 1.807) is 13.1 Å². The summed E-state index contributed by atoms with van der Waals surface area (Å²) >= 11 is 5.83. The third-order valence-corrected chi connectivity index (χ3v) is 3.91. The topological polar surface area (TPSA) is 62.7 Å². The van der Waals surface area contributed by atoms with Crippen LogP contribution in [0.15, 0.2) is 42.6 Å². The van der Waals surface area contributed by atoms with Gasteiger partial charge in [0.05, 0.1) is 5.56 Å². The lowest BCUT2D eigenvalue weighted by Gasteiger charge is -2.18. The second-order valence-electron chi connectivity index (χ2n) is 5.73. The smallest absolute Gasteiger partial charge is 0.341 e. The number of amides is 1. The van der Waals surface area contributed by atoms with Gasteiger partial charge in [0.2, 0.25) is 0 Å². The summed E-state index contributed by atoms with van der Waals surface area (Å²) in [4.78, 5) is 31.4. The molecular weight excluding hydrogens is 342 g/mol. The number of nitrogens with zero attached hydrogens (tertiary/aromatic N) is 3. The van der Waals surface area contributed by atoms with Crippen LogP contribution in [0.3, 0.4) is 0 Å². The van der Waals surface area contributed by atoms with Crippen LogP contribution in [0.5, 0.6) is 0 Å². The normalized spacial score (nSPS) is 10.2. The first kappa shape index (κ1) is 18.7. The van der Waals surface area contributed by atoms with Gasteiger partial charge in [-0.05, 0) is 29.8 Å². The molecule has 0 aliphatic carbocycles. The van der Waals surface area contributed by atoms with Crippen LogP contribution in [-0.2, 0) is 16.1 Å². The zero-order valence-electron chi connectivity index (χ0n) is 14.4. The first-order valence-electron chi connectivity index (χ1n) is 7.66. The van der Waals surface area contributed by atoms with Crippen molar-refractivity contribution in [2.75, 3.05) is 32.6 Å². The summed E-state index contributed by atoms with van der Waals surface area (Å²) in [5.74, 6) is -0.972. The summed E-state index contributed by atoms with van der Waals surface area (Å²) in [5.41, 5.74) is 2.21. The number of halogens is 1. The van der Waals surface area contributed by atoms with Gasteiger partial charge in [0.1, 0.15) is 5.15 Å². The van der Waals surface area contributed by atoms with Crippen molar-refractivity contribution in [1.29, 1.82) is 0 Å². The number of aromatic nitrogens is 1. The van der Waals surface area contributed by atoms with E-state index in [0.29, 0.717) is 6.54 Å². The number of carbonyl (C=O) groups is 2. The Kier molecular flexibility index (Phi) is 6.36. The van der Waals surface area contributed by atoms with Gasteiger partial charge in [-0.25, -0.2) is 9.78 Å². The van der Waals surface area contributed by atoms with E-state index in [1.807, 2.05) is 43.3 Å². The van der Waals surface area contributed by atoms with Gasteiger partial charge < -0.3 is 14.5 Å². The summed E-state index contributed by atoms with van der Waals surface area (Å²) < 4.78 is 5.02. The highest BCUT2D eigenvalue weighted by molar-refractivity contribution is 6.32. The Balaban J connectivity index is 1.88. The van der Waals surface area contributed by atoms with Crippen molar-refractivity contribution in [1.82, 2.24) is 9.88 Å². The van der Waals surface area contributed by atoms with Crippen LogP contribution in [0.1, 0.15) is 15.9 Å². The third kappa shape index (κ3) is 5.19. The minimum Gasteiger partial charge on any atom is -0.452 e. The fourth-order valence-electron chi connectivity index (χ4n) is 2.12. The van der Waals surface area contributed by atoms with Crippen molar-refractivity contribution >= 4 is 29.2 Å². The summed E-state index contributed by atoms with van der Waals surface area (Å²) in [6.07, 6.45) is 1.47. The molecule has 0 fully saturated rings. The standard InChI is InChI=1S/C18H20ClN3O3/c1-21(2)14-8-6-13(7-9-14)11-22(3)16(23)12-25-18(24)15-5-4-10-20-17(15)19/h4-10H,11-12H2,1-3H3. The number of hydrogen-bond acceptors (Lipinski definition) is 5. The van der Waals surface area contributed by atoms with Gasteiger partial charge >= 0.3 is 5.97 Å². The lowest BCUT2D eigenvalue weighted by Crippen LogP contribution is -2.30. The average molecular weight is 362 g/mol. The number of benzene rings is 1. The second-order valence-corrected chi connectivity index (χ2v) is 6.09. The molecule has 0 bridgehead atoms. The maximum atomic E-state index is 12.1. The van der Waals surface area contributed by atoms with E-state index in [4.69, 9.17) is 16.3 Å². The number of ether oxygens (including phenoxy) is 1. The number of hydrogen-bond donors (Lipinski definition) is 0. The molecule has 1 aromatic carbocycles. The Morgan fingerprint density at radius 3 is 2.40 bits per heavy atom. The summed E-state index contributed by atoms with van der Waals surface area (Å²) in [6.45, 7) is 0.0775. The first-order valence-corrected chi connectivity index (χ1v) is 8.04. The van der Waals surface area contributed by atoms with Crippen molar-refractivity contribution in [2.45, 2.75) is 6.54 Å². The second kappa shape index (κ2) is 8.48. The number of carbonyl (C=O) groups excluding carboxylic acids is 2. The van der Waals surface area contributed by atoms with Gasteiger partial charge in [-0.15, -0.1) is 0 Å². The molecule has 6 nitrogen and oxygen atoms in total. The molecule has 1 aromatic heterocycles. The van der Waals surface area contributed by atoms with E-state index in [1.165, 1.54) is 17.2 Å². The molecule has 0 unspecified atom stereocenters. The number of anilines is 1. The van der Waals surface area contributed by atoms with Crippen LogP contribution in [0.25, 0.3) is 0 Å². The van der Waals surface area contributed by atoms with E-state index in [9.17, 15) is 9.59 Å². The maximum absolute atomic E-state index is 12.1. The molecule has 0 atom stereocenters. The van der Waals surface area contributed by atoms with E-state index in [-0.39, 0.29) is 23.2 Å². The highest BCUT2D eigenvalue weighted by Crippen LogP contribution is 2.14. The number of esters is 1. The van der Waals surface area contributed by atoms with Crippen LogP contribution in [0, 0.1) is 0 Å². The molecule has 0 spiro atoms. The molecule has 7 heteroatoms. The monoisotopic (exact) mass is 361 g/mol. The Hall–Kier alpha value is -2.60. The van der Waals surface area contributed by atoms with Crippen molar-refractivity contribution in [3.05, 3.63) is 58.9 Å². The quantitative estimate of drug-likeness (QED) is 0.584. The molecule has 0 aliphatic rings. The van der Waals surface area contributed by atoms with Crippen LogP contribution >= 0.6 is 11.6 Å². The summed E-state index contributed by atoms with van der Waals surface area (Å²) in [5, 5.41) is 0.0503. The van der Waals surface area contributed by atoms with Crippen molar-refractivity contribution < 1.29 is 14.3 Å². The minimum atomic E-state index is -0.671. The molecule has 25 heavy (non-hydrogen) atoms. The Morgan fingerprint density at radius 1 is 1.12 bits per heavy atom. The van der Waals surface area contributed by atoms with Crippen molar-refractivity contribution in [2.24, 2.45) is 0 Å². The zero-order chi connectivity index (χ0) is 18.4. The van der Waals surface area contributed by atoms with E-state index >= 15 is 0 Å². The number of rotatable bonds is 6. The minimum absolute atomic E-state index is 0.0503. The van der Waals surface area contributed by atoms with Gasteiger partial charge in [-0.3, -0.25) is 4.79 Å². The summed E-state index contributed by atoms with van der Waals surface area (Å²) in [6, 6.07) is 11.0. The van der Waals surface area contributed by atoms with Gasteiger partial charge in [0.15, 0.2) is 6.61 Å². The average Bonchev–Trinajstić information content (AvgIpc) is 2.60. The van der Waals surface area contributed by atoms with E-state index in [2.05, 4.69) is 4.98 Å². The van der Waals surface area contributed by atoms with Gasteiger partial charge in [-0.2, -0.15) is 0 Å². The molecule has 0 N–H and O–H groups in total. The molecule has 0 aliphatic heterocycles. The number of pyridine rings is 1. The van der Waals surface area contributed by atoms with E-state index in [0.717, 1.165) is 11.3 Å². The number of likely N-dealkylation sites (N-methyl/N-ethyl adjacent to an activating group) is 1. The highest BCUT2D eigenvalue weighted by atomic mass is 35.5. The van der Waals surface area contributed by atoms with Gasteiger partial charge in [0.25, 0.3) is 5.91 Å². The maximum Gasteiger partial charge on any atom is 0.341 e. The fourth-order valence-corrected chi connectivity index (χ4v) is 2.31. The predicted octanol–water partition coefficient (Wildman–Crippen LogP) is 2.62. The largest absolute Gasteiger partial charge is 0.452 e. The van der Waals surface area contributed by atoms with E-state index < -0.39 is 5.97 Å². The SMILES string of the molecule is CN(Cc1ccc(N(C)C)cc1)C(=O)COC(=O)c1cccnc1Cl. The molecule has 1 amide bonds. The van der Waals surface area contributed by atoms with Crippen LogP contribution < -0.4 is 4.90 Å². The lowest BCUT2D eigenvalue weighted by atomic mass is 10.2. The molecule has 0 saturated carbocycles. The Morgan fingerprint density at radius 2 is 1.80 bits per heavy atom. The van der Waals surface area contributed by atoms with Gasteiger partial charge in [-0.1, -0.05) is 23.7 Å². The molecule has 0 saturated heterocycles. The van der Waals surface area contributed by atoms with Gasteiger partial charge in [0, 0.05) is 39.6 Å². The molecule has 2 rings (SSSR count). The summed E-state index contributed by atoms with van der Waals surface area (Å²) in [7, 11) is 5.59. The molecule has 0 radical (unpaired) electrons. The lowest BCUT2D eigenvalue weighted by molar-refractivity contribution is -0.133. The Bertz CT molecular complexity index is 747. The Labute approximate surface area is 152 Å². The van der Waals surface area contributed by atoms with Crippen LogP contribution in [-0.4, -0.2) is 49.5 Å². The van der Waals surface area contributed by atoms with Crippen molar-refractivity contribution in [3.8, 4) is 0 Å². The predicted molar refractivity (Wildman–Crippen MR) is 96.8 cm³/mol. The molecule has 1 heterocycles. The fraction of sp³-hybridized carbons (Fsp3) is 0.278. The van der Waals surface area contributed by atoms with Crippen LogP contribution in [0.4, 0.5) is 5.69 Å². The third-order valence-electron chi connectivity index (χ3n) is 3.60. The molecular formula is C18H20ClN3O3. The zero-order valence-corrected chi connectivity index (χ0v) is 15.2. The molecule has 132 valence electrons. The highest BCUT2D eigenvalue weighted by Gasteiger charge is 2.16.